The zero-order chi connectivity index (χ0) is 25.2. The summed E-state index contributed by atoms with van der Waals surface area (Å²) < 4.78 is 34.6. The minimum atomic E-state index is -3.69. The lowest BCUT2D eigenvalue weighted by molar-refractivity contribution is -0.129. The Morgan fingerprint density at radius 3 is 2.20 bits per heavy atom. The van der Waals surface area contributed by atoms with Gasteiger partial charge >= 0.3 is 10.1 Å². The van der Waals surface area contributed by atoms with Crippen molar-refractivity contribution in [1.82, 2.24) is 4.90 Å². The van der Waals surface area contributed by atoms with E-state index < -0.39 is 15.7 Å². The van der Waals surface area contributed by atoms with E-state index in [0.29, 0.717) is 17.5 Å². The first-order valence-corrected chi connectivity index (χ1v) is 12.7. The minimum absolute atomic E-state index is 0.0835. The molecule has 8 nitrogen and oxygen atoms in total. The Hall–Kier alpha value is -3.85. The number of nitrogens with zero attached hydrogens (tertiary/aromatic N) is 2. The normalized spacial score (nSPS) is 17.9. The van der Waals surface area contributed by atoms with Gasteiger partial charge in [-0.05, 0) is 59.0 Å². The summed E-state index contributed by atoms with van der Waals surface area (Å²) in [5, 5.41) is 0. The number of hydrogen-bond donors (Lipinski definition) is 1. The van der Waals surface area contributed by atoms with Crippen LogP contribution in [0.1, 0.15) is 24.5 Å². The SMILES string of the molecule is CCCS(=O)(=O)Oc1ccc(C2(c3cccc(-c4cccc(OC)c4)c3)N=C(N)N(C)C2=O)cc1. The number of hydrogen-bond acceptors (Lipinski definition) is 7. The lowest BCUT2D eigenvalue weighted by atomic mass is 9.81. The molecule has 0 bridgehead atoms. The highest BCUT2D eigenvalue weighted by atomic mass is 32.2. The maximum atomic E-state index is 13.6. The number of benzene rings is 3. The van der Waals surface area contributed by atoms with E-state index in [4.69, 9.17) is 14.7 Å². The molecule has 1 aliphatic heterocycles. The van der Waals surface area contributed by atoms with Gasteiger partial charge in [0.05, 0.1) is 12.9 Å². The number of aliphatic imine (C=N–C) groups is 1. The van der Waals surface area contributed by atoms with Crippen LogP contribution in [0.4, 0.5) is 0 Å². The van der Waals surface area contributed by atoms with Gasteiger partial charge in [0.2, 0.25) is 0 Å². The van der Waals surface area contributed by atoms with Crippen molar-refractivity contribution < 1.29 is 22.1 Å². The number of carbonyl (C=O) groups is 1. The van der Waals surface area contributed by atoms with E-state index in [1.54, 1.807) is 33.2 Å². The van der Waals surface area contributed by atoms with Crippen molar-refractivity contribution in [2.24, 2.45) is 10.7 Å². The summed E-state index contributed by atoms with van der Waals surface area (Å²) in [4.78, 5) is 19.5. The van der Waals surface area contributed by atoms with E-state index in [1.807, 2.05) is 48.5 Å². The lowest BCUT2D eigenvalue weighted by Crippen LogP contribution is -2.41. The molecule has 4 rings (SSSR count). The van der Waals surface area contributed by atoms with Gasteiger partial charge in [0.1, 0.15) is 11.5 Å². The summed E-state index contributed by atoms with van der Waals surface area (Å²) in [6, 6.07) is 21.5. The van der Waals surface area contributed by atoms with Crippen molar-refractivity contribution >= 4 is 22.0 Å². The second kappa shape index (κ2) is 9.42. The Morgan fingerprint density at radius 1 is 0.943 bits per heavy atom. The molecule has 1 unspecified atom stereocenters. The molecule has 182 valence electrons. The monoisotopic (exact) mass is 493 g/mol. The molecule has 0 saturated heterocycles. The maximum Gasteiger partial charge on any atom is 0.309 e. The van der Waals surface area contributed by atoms with E-state index in [9.17, 15) is 13.2 Å². The Labute approximate surface area is 205 Å². The van der Waals surface area contributed by atoms with Gasteiger partial charge in [0.15, 0.2) is 11.5 Å². The van der Waals surface area contributed by atoms with E-state index in [0.717, 1.165) is 16.9 Å². The standard InChI is InChI=1S/C26H27N3O5S/c1-4-15-35(31,32)34-22-13-11-20(12-14-22)26(24(30)29(2)25(27)28-26)21-9-5-7-18(16-21)19-8-6-10-23(17-19)33-3/h5-14,16-17H,4,15H2,1-3H3,(H2,27,28). The third kappa shape index (κ3) is 4.59. The van der Waals surface area contributed by atoms with Crippen LogP contribution in [0.5, 0.6) is 11.5 Å². The fourth-order valence-corrected chi connectivity index (χ4v) is 5.09. The summed E-state index contributed by atoms with van der Waals surface area (Å²) >= 11 is 0. The third-order valence-corrected chi connectivity index (χ3v) is 7.23. The Kier molecular flexibility index (Phi) is 6.53. The van der Waals surface area contributed by atoms with Crippen LogP contribution in [0.2, 0.25) is 0 Å². The fourth-order valence-electron chi connectivity index (χ4n) is 4.10. The van der Waals surface area contributed by atoms with Crippen molar-refractivity contribution in [2.75, 3.05) is 19.9 Å². The highest BCUT2D eigenvalue weighted by Crippen LogP contribution is 2.41. The maximum absolute atomic E-state index is 13.6. The molecule has 0 fully saturated rings. The van der Waals surface area contributed by atoms with Crippen molar-refractivity contribution in [3.63, 3.8) is 0 Å². The molecule has 3 aromatic rings. The predicted molar refractivity (Wildman–Crippen MR) is 135 cm³/mol. The summed E-state index contributed by atoms with van der Waals surface area (Å²) in [7, 11) is -0.507. The van der Waals surface area contributed by atoms with Crippen LogP contribution < -0.4 is 14.7 Å². The highest BCUT2D eigenvalue weighted by molar-refractivity contribution is 7.87. The number of amides is 1. The van der Waals surface area contributed by atoms with Crippen LogP contribution in [0.15, 0.2) is 77.8 Å². The van der Waals surface area contributed by atoms with Crippen LogP contribution >= 0.6 is 0 Å². The summed E-state index contributed by atoms with van der Waals surface area (Å²) in [5.41, 5.74) is 7.63. The molecule has 0 aromatic heterocycles. The van der Waals surface area contributed by atoms with Gasteiger partial charge in [-0.1, -0.05) is 49.4 Å². The highest BCUT2D eigenvalue weighted by Gasteiger charge is 2.49. The van der Waals surface area contributed by atoms with Gasteiger partial charge in [-0.15, -0.1) is 0 Å². The molecule has 2 N–H and O–H groups in total. The van der Waals surface area contributed by atoms with E-state index in [-0.39, 0.29) is 23.4 Å². The number of nitrogens with two attached hydrogens (primary N) is 1. The van der Waals surface area contributed by atoms with Gasteiger partial charge in [-0.3, -0.25) is 9.69 Å². The molecule has 0 spiro atoms. The minimum Gasteiger partial charge on any atom is -0.497 e. The molecule has 0 aliphatic carbocycles. The molecular weight excluding hydrogens is 466 g/mol. The zero-order valence-corrected chi connectivity index (χ0v) is 20.6. The number of likely N-dealkylation sites (N-methyl/N-ethyl adjacent to an activating group) is 1. The predicted octanol–water partition coefficient (Wildman–Crippen LogP) is 3.51. The van der Waals surface area contributed by atoms with Gasteiger partial charge in [0.25, 0.3) is 5.91 Å². The average Bonchev–Trinajstić information content (AvgIpc) is 3.09. The van der Waals surface area contributed by atoms with Crippen LogP contribution in [-0.2, 0) is 20.5 Å². The molecule has 1 atom stereocenters. The Morgan fingerprint density at radius 2 is 1.60 bits per heavy atom. The fraction of sp³-hybridized carbons (Fsp3) is 0.231. The summed E-state index contributed by atoms with van der Waals surface area (Å²) in [5.74, 6) is 0.575. The lowest BCUT2D eigenvalue weighted by Gasteiger charge is -2.26. The first-order chi connectivity index (χ1) is 16.7. The van der Waals surface area contributed by atoms with Crippen molar-refractivity contribution in [2.45, 2.75) is 18.9 Å². The number of carbonyl (C=O) groups excluding carboxylic acids is 1. The number of guanidine groups is 1. The third-order valence-electron chi connectivity index (χ3n) is 5.87. The first kappa shape index (κ1) is 24.3. The average molecular weight is 494 g/mol. The largest absolute Gasteiger partial charge is 0.497 e. The molecule has 3 aromatic carbocycles. The molecule has 9 heteroatoms. The zero-order valence-electron chi connectivity index (χ0n) is 19.8. The molecule has 1 heterocycles. The number of rotatable bonds is 8. The summed E-state index contributed by atoms with van der Waals surface area (Å²) in [6.07, 6.45) is 0.446. The van der Waals surface area contributed by atoms with Crippen LogP contribution in [0.25, 0.3) is 11.1 Å². The number of methoxy groups -OCH3 is 1. The Balaban J connectivity index is 1.80. The molecule has 35 heavy (non-hydrogen) atoms. The quantitative estimate of drug-likeness (QED) is 0.481. The van der Waals surface area contributed by atoms with Gasteiger partial charge < -0.3 is 14.7 Å². The van der Waals surface area contributed by atoms with Crippen LogP contribution in [0.3, 0.4) is 0 Å². The van der Waals surface area contributed by atoms with Gasteiger partial charge in [-0.25, -0.2) is 4.99 Å². The topological polar surface area (TPSA) is 111 Å². The van der Waals surface area contributed by atoms with Crippen molar-refractivity contribution in [3.8, 4) is 22.6 Å². The van der Waals surface area contributed by atoms with Crippen molar-refractivity contribution in [1.29, 1.82) is 0 Å². The van der Waals surface area contributed by atoms with Gasteiger partial charge in [0, 0.05) is 7.05 Å². The summed E-state index contributed by atoms with van der Waals surface area (Å²) in [6.45, 7) is 1.76. The second-order valence-electron chi connectivity index (χ2n) is 8.23. The number of ether oxygens (including phenoxy) is 1. The smallest absolute Gasteiger partial charge is 0.309 e. The molecule has 0 saturated carbocycles. The molecular formula is C26H27N3O5S. The molecule has 0 radical (unpaired) electrons. The van der Waals surface area contributed by atoms with E-state index in [1.165, 1.54) is 17.0 Å². The first-order valence-electron chi connectivity index (χ1n) is 11.1. The van der Waals surface area contributed by atoms with Crippen LogP contribution in [-0.4, -0.2) is 45.1 Å². The molecule has 1 aliphatic rings. The molecule has 1 amide bonds. The van der Waals surface area contributed by atoms with E-state index >= 15 is 0 Å². The van der Waals surface area contributed by atoms with Gasteiger partial charge in [-0.2, -0.15) is 8.42 Å². The second-order valence-corrected chi connectivity index (χ2v) is 9.92. The van der Waals surface area contributed by atoms with Crippen LogP contribution in [0, 0.1) is 0 Å². The van der Waals surface area contributed by atoms with Crippen molar-refractivity contribution in [3.05, 3.63) is 83.9 Å². The Bertz CT molecular complexity index is 1390. The van der Waals surface area contributed by atoms with E-state index in [2.05, 4.69) is 4.99 Å².